The van der Waals surface area contributed by atoms with Crippen LogP contribution in [0.3, 0.4) is 0 Å². The number of ether oxygens (including phenoxy) is 2. The Morgan fingerprint density at radius 2 is 1.52 bits per heavy atom. The van der Waals surface area contributed by atoms with Gasteiger partial charge < -0.3 is 9.47 Å². The van der Waals surface area contributed by atoms with Crippen LogP contribution in [-0.2, 0) is 0 Å². The van der Waals surface area contributed by atoms with Gasteiger partial charge in [0.1, 0.15) is 17.7 Å². The fourth-order valence-corrected chi connectivity index (χ4v) is 2.37. The van der Waals surface area contributed by atoms with Crippen molar-refractivity contribution in [1.82, 2.24) is 0 Å². The maximum atomic E-state index is 8.79. The summed E-state index contributed by atoms with van der Waals surface area (Å²) in [6, 6.07) is 17.3. The maximum absolute atomic E-state index is 8.79. The molecule has 3 rings (SSSR count). The molecule has 0 aromatic heterocycles. The third kappa shape index (κ3) is 3.33. The first-order valence-corrected chi connectivity index (χ1v) is 7.32. The lowest BCUT2D eigenvalue weighted by atomic mass is 10.0. The normalized spacial score (nSPS) is 12.4. The van der Waals surface area contributed by atoms with Crippen molar-refractivity contribution in [1.29, 1.82) is 10.5 Å². The van der Waals surface area contributed by atoms with Gasteiger partial charge in [-0.3, -0.25) is 0 Å². The summed E-state index contributed by atoms with van der Waals surface area (Å²) in [5.74, 6) is 1.54. The second-order valence-electron chi connectivity index (χ2n) is 5.12. The molecule has 0 saturated heterocycles. The van der Waals surface area contributed by atoms with Gasteiger partial charge in [-0.2, -0.15) is 10.5 Å². The van der Waals surface area contributed by atoms with Crippen molar-refractivity contribution in [3.8, 4) is 34.8 Å². The molecule has 0 unspecified atom stereocenters. The summed E-state index contributed by atoms with van der Waals surface area (Å²) in [4.78, 5) is 0. The van der Waals surface area contributed by atoms with E-state index in [1.54, 1.807) is 6.08 Å². The van der Waals surface area contributed by atoms with Crippen LogP contribution in [0.25, 0.3) is 17.2 Å². The van der Waals surface area contributed by atoms with Gasteiger partial charge in [-0.1, -0.05) is 30.3 Å². The van der Waals surface area contributed by atoms with E-state index >= 15 is 0 Å². The second-order valence-corrected chi connectivity index (χ2v) is 5.12. The van der Waals surface area contributed by atoms with Gasteiger partial charge >= 0.3 is 0 Å². The summed E-state index contributed by atoms with van der Waals surface area (Å²) < 4.78 is 11.3. The van der Waals surface area contributed by atoms with Crippen LogP contribution in [0.15, 0.2) is 48.0 Å². The molecule has 2 aromatic rings. The van der Waals surface area contributed by atoms with Crippen LogP contribution in [0.5, 0.6) is 11.5 Å². The van der Waals surface area contributed by atoms with Crippen molar-refractivity contribution >= 4 is 6.08 Å². The van der Waals surface area contributed by atoms with E-state index in [9.17, 15) is 0 Å². The van der Waals surface area contributed by atoms with E-state index < -0.39 is 0 Å². The zero-order valence-electron chi connectivity index (χ0n) is 12.5. The summed E-state index contributed by atoms with van der Waals surface area (Å²) in [7, 11) is 0. The highest BCUT2D eigenvalue weighted by Gasteiger charge is 2.11. The molecule has 23 heavy (non-hydrogen) atoms. The highest BCUT2D eigenvalue weighted by molar-refractivity contribution is 5.70. The van der Waals surface area contributed by atoms with Crippen LogP contribution in [0.1, 0.15) is 12.0 Å². The molecule has 4 nitrogen and oxygen atoms in total. The first-order chi connectivity index (χ1) is 11.3. The molecule has 0 aliphatic carbocycles. The smallest absolute Gasteiger partial charge is 0.161 e. The predicted molar refractivity (Wildman–Crippen MR) is 86.7 cm³/mol. The number of hydrogen-bond donors (Lipinski definition) is 0. The first-order valence-electron chi connectivity index (χ1n) is 7.32. The van der Waals surface area contributed by atoms with Gasteiger partial charge in [0.2, 0.25) is 0 Å². The minimum absolute atomic E-state index is 0.0910. The van der Waals surface area contributed by atoms with E-state index in [0.29, 0.717) is 13.2 Å². The Morgan fingerprint density at radius 3 is 2.22 bits per heavy atom. The number of benzene rings is 2. The van der Waals surface area contributed by atoms with Crippen LogP contribution in [0, 0.1) is 22.7 Å². The van der Waals surface area contributed by atoms with Gasteiger partial charge in [-0.05, 0) is 34.9 Å². The van der Waals surface area contributed by atoms with E-state index in [0.717, 1.165) is 34.6 Å². The minimum atomic E-state index is 0.0910. The van der Waals surface area contributed by atoms with Crippen LogP contribution in [0.4, 0.5) is 0 Å². The Labute approximate surface area is 134 Å². The Balaban J connectivity index is 1.88. The van der Waals surface area contributed by atoms with Crippen molar-refractivity contribution < 1.29 is 9.47 Å². The molecule has 0 spiro atoms. The van der Waals surface area contributed by atoms with Gasteiger partial charge in [0, 0.05) is 6.42 Å². The van der Waals surface area contributed by atoms with Crippen LogP contribution < -0.4 is 9.47 Å². The zero-order valence-corrected chi connectivity index (χ0v) is 12.5. The molecule has 2 aromatic carbocycles. The molecule has 4 heteroatoms. The van der Waals surface area contributed by atoms with Gasteiger partial charge in [0.15, 0.2) is 11.5 Å². The first kappa shape index (κ1) is 14.7. The number of fused-ring (bicyclic) bond motifs is 1. The molecular weight excluding hydrogens is 288 g/mol. The monoisotopic (exact) mass is 302 g/mol. The third-order valence-electron chi connectivity index (χ3n) is 3.54. The SMILES string of the molecule is N#CC(C#N)=Cc1ccc(-c2ccc3c(c2)OCCCO3)cc1. The van der Waals surface area contributed by atoms with Gasteiger partial charge in [0.25, 0.3) is 0 Å². The van der Waals surface area contributed by atoms with Crippen molar-refractivity contribution in [2.24, 2.45) is 0 Å². The quantitative estimate of drug-likeness (QED) is 0.788. The molecule has 1 aliphatic rings. The molecule has 1 heterocycles. The molecular formula is C19H14N2O2. The van der Waals surface area contributed by atoms with Crippen LogP contribution in [-0.4, -0.2) is 13.2 Å². The van der Waals surface area contributed by atoms with Gasteiger partial charge in [-0.15, -0.1) is 0 Å². The topological polar surface area (TPSA) is 66.0 Å². The summed E-state index contributed by atoms with van der Waals surface area (Å²) in [5, 5.41) is 17.6. The highest BCUT2D eigenvalue weighted by Crippen LogP contribution is 2.34. The van der Waals surface area contributed by atoms with Crippen molar-refractivity contribution in [3.05, 3.63) is 53.6 Å². The molecule has 0 radical (unpaired) electrons. The summed E-state index contributed by atoms with van der Waals surface area (Å²) in [6.07, 6.45) is 2.45. The molecule has 0 saturated carbocycles. The molecule has 0 fully saturated rings. The van der Waals surface area contributed by atoms with E-state index in [1.807, 2.05) is 54.6 Å². The fourth-order valence-electron chi connectivity index (χ4n) is 2.37. The third-order valence-corrected chi connectivity index (χ3v) is 3.54. The highest BCUT2D eigenvalue weighted by atomic mass is 16.5. The molecule has 1 aliphatic heterocycles. The molecule has 0 amide bonds. The van der Waals surface area contributed by atoms with Crippen molar-refractivity contribution in [3.63, 3.8) is 0 Å². The number of rotatable bonds is 2. The minimum Gasteiger partial charge on any atom is -0.490 e. The fraction of sp³-hybridized carbons (Fsp3) is 0.158. The maximum Gasteiger partial charge on any atom is 0.161 e. The molecule has 0 bridgehead atoms. The summed E-state index contributed by atoms with van der Waals surface area (Å²) in [5.41, 5.74) is 2.98. The van der Waals surface area contributed by atoms with Crippen LogP contribution >= 0.6 is 0 Å². The average Bonchev–Trinajstić information content (AvgIpc) is 2.85. The lowest BCUT2D eigenvalue weighted by Crippen LogP contribution is -1.97. The van der Waals surface area contributed by atoms with E-state index in [4.69, 9.17) is 20.0 Å². The Morgan fingerprint density at radius 1 is 0.870 bits per heavy atom. The predicted octanol–water partition coefficient (Wildman–Crippen LogP) is 3.95. The molecule has 0 N–H and O–H groups in total. The average molecular weight is 302 g/mol. The second kappa shape index (κ2) is 6.68. The molecule has 112 valence electrons. The van der Waals surface area contributed by atoms with Crippen molar-refractivity contribution in [2.45, 2.75) is 6.42 Å². The Bertz CT molecular complexity index is 808. The standard InChI is InChI=1S/C19H14N2O2/c20-12-15(13-21)10-14-2-4-16(5-3-14)17-6-7-18-19(11-17)23-9-1-8-22-18/h2-7,10-11H,1,8-9H2. The Kier molecular flexibility index (Phi) is 4.27. The van der Waals surface area contributed by atoms with E-state index in [-0.39, 0.29) is 5.57 Å². The number of hydrogen-bond acceptors (Lipinski definition) is 4. The lowest BCUT2D eigenvalue weighted by molar-refractivity contribution is 0.297. The number of allylic oxidation sites excluding steroid dienone is 1. The Hall–Kier alpha value is -3.24. The van der Waals surface area contributed by atoms with Gasteiger partial charge in [0.05, 0.1) is 13.2 Å². The largest absolute Gasteiger partial charge is 0.490 e. The van der Waals surface area contributed by atoms with Crippen molar-refractivity contribution in [2.75, 3.05) is 13.2 Å². The van der Waals surface area contributed by atoms with E-state index in [2.05, 4.69) is 0 Å². The summed E-state index contributed by atoms with van der Waals surface area (Å²) >= 11 is 0. The molecule has 0 atom stereocenters. The van der Waals surface area contributed by atoms with Crippen LogP contribution in [0.2, 0.25) is 0 Å². The number of nitrogens with zero attached hydrogens (tertiary/aromatic N) is 2. The van der Waals surface area contributed by atoms with E-state index in [1.165, 1.54) is 0 Å². The zero-order chi connectivity index (χ0) is 16.1. The lowest BCUT2D eigenvalue weighted by Gasteiger charge is -2.09. The number of nitriles is 2. The summed E-state index contributed by atoms with van der Waals surface area (Å²) in [6.45, 7) is 1.33. The van der Waals surface area contributed by atoms with Gasteiger partial charge in [-0.25, -0.2) is 0 Å².